The molecule has 1 aromatic carbocycles. The number of halogens is 1. The molecule has 1 aromatic rings. The molecular formula is C15H23FN2. The number of likely N-dealkylation sites (tertiary alicyclic amines) is 1. The molecule has 0 amide bonds. The van der Waals surface area contributed by atoms with E-state index in [0.29, 0.717) is 6.04 Å². The molecular weight excluding hydrogens is 227 g/mol. The van der Waals surface area contributed by atoms with Gasteiger partial charge in [-0.15, -0.1) is 0 Å². The van der Waals surface area contributed by atoms with E-state index < -0.39 is 0 Å². The van der Waals surface area contributed by atoms with Crippen LogP contribution in [0.5, 0.6) is 0 Å². The highest BCUT2D eigenvalue weighted by Crippen LogP contribution is 2.30. The maximum absolute atomic E-state index is 13.3. The van der Waals surface area contributed by atoms with Crippen molar-refractivity contribution >= 4 is 0 Å². The van der Waals surface area contributed by atoms with Gasteiger partial charge in [0.15, 0.2) is 0 Å². The standard InChI is InChI=1S/C15H23FN2/c1-3-15(13-5-4-6-14(16)9-13)18-8-7-12(11-18)10-17-2/h4-6,9,12,15,17H,3,7-8,10-11H2,1-2H3. The Labute approximate surface area is 109 Å². The van der Waals surface area contributed by atoms with Crippen molar-refractivity contribution in [2.45, 2.75) is 25.8 Å². The Balaban J connectivity index is 2.06. The molecule has 2 atom stereocenters. The van der Waals surface area contributed by atoms with Gasteiger partial charge in [0.05, 0.1) is 0 Å². The molecule has 1 N–H and O–H groups in total. The lowest BCUT2D eigenvalue weighted by Crippen LogP contribution is -2.28. The minimum absolute atomic E-state index is 0.128. The predicted molar refractivity (Wildman–Crippen MR) is 73.0 cm³/mol. The summed E-state index contributed by atoms with van der Waals surface area (Å²) in [5.74, 6) is 0.606. The molecule has 1 aliphatic rings. The van der Waals surface area contributed by atoms with Crippen molar-refractivity contribution in [2.75, 3.05) is 26.7 Å². The Morgan fingerprint density at radius 2 is 2.33 bits per heavy atom. The third-order valence-electron chi connectivity index (χ3n) is 3.87. The lowest BCUT2D eigenvalue weighted by atomic mass is 10.0. The Kier molecular flexibility index (Phi) is 4.72. The molecule has 100 valence electrons. The molecule has 0 aliphatic carbocycles. The van der Waals surface area contributed by atoms with Crippen LogP contribution in [0.2, 0.25) is 0 Å². The van der Waals surface area contributed by atoms with E-state index in [-0.39, 0.29) is 5.82 Å². The van der Waals surface area contributed by atoms with Gasteiger partial charge >= 0.3 is 0 Å². The fraction of sp³-hybridized carbons (Fsp3) is 0.600. The lowest BCUT2D eigenvalue weighted by molar-refractivity contribution is 0.229. The number of benzene rings is 1. The van der Waals surface area contributed by atoms with Gasteiger partial charge in [0, 0.05) is 12.6 Å². The highest BCUT2D eigenvalue weighted by molar-refractivity contribution is 5.20. The maximum Gasteiger partial charge on any atom is 0.123 e. The van der Waals surface area contributed by atoms with Crippen LogP contribution >= 0.6 is 0 Å². The van der Waals surface area contributed by atoms with Crippen molar-refractivity contribution in [2.24, 2.45) is 5.92 Å². The zero-order valence-corrected chi connectivity index (χ0v) is 11.3. The van der Waals surface area contributed by atoms with Gasteiger partial charge in [0.1, 0.15) is 5.82 Å². The maximum atomic E-state index is 13.3. The first-order chi connectivity index (χ1) is 8.74. The van der Waals surface area contributed by atoms with Crippen LogP contribution in [0.3, 0.4) is 0 Å². The predicted octanol–water partition coefficient (Wildman–Crippen LogP) is 2.82. The van der Waals surface area contributed by atoms with E-state index in [2.05, 4.69) is 17.1 Å². The molecule has 1 aliphatic heterocycles. The van der Waals surface area contributed by atoms with Crippen molar-refractivity contribution in [3.63, 3.8) is 0 Å². The zero-order chi connectivity index (χ0) is 13.0. The molecule has 0 radical (unpaired) electrons. The topological polar surface area (TPSA) is 15.3 Å². The summed E-state index contributed by atoms with van der Waals surface area (Å²) in [5, 5.41) is 3.25. The largest absolute Gasteiger partial charge is 0.319 e. The van der Waals surface area contributed by atoms with Crippen molar-refractivity contribution in [1.82, 2.24) is 10.2 Å². The van der Waals surface area contributed by atoms with E-state index in [1.807, 2.05) is 19.2 Å². The molecule has 0 bridgehead atoms. The van der Waals surface area contributed by atoms with Gasteiger partial charge in [0.25, 0.3) is 0 Å². The summed E-state index contributed by atoms with van der Waals surface area (Å²) in [5.41, 5.74) is 1.11. The Morgan fingerprint density at radius 3 is 3.00 bits per heavy atom. The first-order valence-electron chi connectivity index (χ1n) is 6.88. The third-order valence-corrected chi connectivity index (χ3v) is 3.87. The van der Waals surface area contributed by atoms with Crippen LogP contribution in [0.15, 0.2) is 24.3 Å². The fourth-order valence-corrected chi connectivity index (χ4v) is 3.02. The van der Waals surface area contributed by atoms with Crippen molar-refractivity contribution in [3.05, 3.63) is 35.6 Å². The second-order valence-corrected chi connectivity index (χ2v) is 5.19. The van der Waals surface area contributed by atoms with Gasteiger partial charge in [-0.1, -0.05) is 19.1 Å². The fourth-order valence-electron chi connectivity index (χ4n) is 3.02. The Bertz CT molecular complexity index is 381. The van der Waals surface area contributed by atoms with Crippen LogP contribution in [0.1, 0.15) is 31.4 Å². The van der Waals surface area contributed by atoms with Crippen molar-refractivity contribution in [1.29, 1.82) is 0 Å². The van der Waals surface area contributed by atoms with E-state index in [9.17, 15) is 4.39 Å². The monoisotopic (exact) mass is 250 g/mol. The minimum atomic E-state index is -0.128. The molecule has 1 fully saturated rings. The van der Waals surface area contributed by atoms with Crippen LogP contribution in [0.4, 0.5) is 4.39 Å². The quantitative estimate of drug-likeness (QED) is 0.864. The van der Waals surface area contributed by atoms with Crippen LogP contribution in [0.25, 0.3) is 0 Å². The number of hydrogen-bond donors (Lipinski definition) is 1. The van der Waals surface area contributed by atoms with Crippen LogP contribution in [-0.2, 0) is 0 Å². The van der Waals surface area contributed by atoms with E-state index >= 15 is 0 Å². The molecule has 0 saturated carbocycles. The first kappa shape index (κ1) is 13.5. The smallest absolute Gasteiger partial charge is 0.123 e. The molecule has 2 rings (SSSR count). The molecule has 3 heteroatoms. The SMILES string of the molecule is CCC(c1cccc(F)c1)N1CCC(CNC)C1. The highest BCUT2D eigenvalue weighted by Gasteiger charge is 2.27. The summed E-state index contributed by atoms with van der Waals surface area (Å²) in [4.78, 5) is 2.50. The normalized spacial score (nSPS) is 22.3. The van der Waals surface area contributed by atoms with Gasteiger partial charge in [-0.3, -0.25) is 4.90 Å². The number of nitrogens with one attached hydrogen (secondary N) is 1. The molecule has 1 heterocycles. The van der Waals surface area contributed by atoms with Crippen LogP contribution in [-0.4, -0.2) is 31.6 Å². The second kappa shape index (κ2) is 6.30. The Hall–Kier alpha value is -0.930. The highest BCUT2D eigenvalue weighted by atomic mass is 19.1. The van der Waals surface area contributed by atoms with E-state index in [0.717, 1.165) is 37.5 Å². The average Bonchev–Trinajstić information content (AvgIpc) is 2.79. The molecule has 2 unspecified atom stereocenters. The van der Waals surface area contributed by atoms with E-state index in [1.165, 1.54) is 12.5 Å². The van der Waals surface area contributed by atoms with Gasteiger partial charge in [-0.05, 0) is 56.6 Å². The summed E-state index contributed by atoms with van der Waals surface area (Å²) in [6, 6.07) is 7.42. The summed E-state index contributed by atoms with van der Waals surface area (Å²) in [6.07, 6.45) is 2.28. The zero-order valence-electron chi connectivity index (χ0n) is 11.3. The molecule has 1 saturated heterocycles. The number of rotatable bonds is 5. The molecule has 0 spiro atoms. The van der Waals surface area contributed by atoms with E-state index in [1.54, 1.807) is 6.07 Å². The summed E-state index contributed by atoms with van der Waals surface area (Å²) < 4.78 is 13.3. The van der Waals surface area contributed by atoms with Gasteiger partial charge < -0.3 is 5.32 Å². The first-order valence-corrected chi connectivity index (χ1v) is 6.88. The Morgan fingerprint density at radius 1 is 1.50 bits per heavy atom. The molecule has 0 aromatic heterocycles. The average molecular weight is 250 g/mol. The lowest BCUT2D eigenvalue weighted by Gasteiger charge is -2.27. The van der Waals surface area contributed by atoms with Gasteiger partial charge in [-0.2, -0.15) is 0 Å². The van der Waals surface area contributed by atoms with E-state index in [4.69, 9.17) is 0 Å². The van der Waals surface area contributed by atoms with Crippen LogP contribution in [0, 0.1) is 11.7 Å². The van der Waals surface area contributed by atoms with Crippen molar-refractivity contribution < 1.29 is 4.39 Å². The van der Waals surface area contributed by atoms with Crippen LogP contribution < -0.4 is 5.32 Å². The number of nitrogens with zero attached hydrogens (tertiary/aromatic N) is 1. The van der Waals surface area contributed by atoms with Gasteiger partial charge in [-0.25, -0.2) is 4.39 Å². The summed E-state index contributed by atoms with van der Waals surface area (Å²) in [7, 11) is 2.01. The summed E-state index contributed by atoms with van der Waals surface area (Å²) in [6.45, 7) is 5.51. The minimum Gasteiger partial charge on any atom is -0.319 e. The summed E-state index contributed by atoms with van der Waals surface area (Å²) >= 11 is 0. The number of hydrogen-bond acceptors (Lipinski definition) is 2. The van der Waals surface area contributed by atoms with Crippen molar-refractivity contribution in [3.8, 4) is 0 Å². The second-order valence-electron chi connectivity index (χ2n) is 5.19. The molecule has 2 nitrogen and oxygen atoms in total. The van der Waals surface area contributed by atoms with Gasteiger partial charge in [0.2, 0.25) is 0 Å². The molecule has 18 heavy (non-hydrogen) atoms. The third kappa shape index (κ3) is 3.09.